The van der Waals surface area contributed by atoms with Gasteiger partial charge >= 0.3 is 0 Å². The summed E-state index contributed by atoms with van der Waals surface area (Å²) in [7, 11) is 0. The van der Waals surface area contributed by atoms with Crippen LogP contribution < -0.4 is 5.32 Å². The van der Waals surface area contributed by atoms with E-state index in [0.717, 1.165) is 27.7 Å². The number of nitrogens with one attached hydrogen (secondary N) is 2. The van der Waals surface area contributed by atoms with Crippen LogP contribution in [0.2, 0.25) is 0 Å². The number of phenols is 1. The van der Waals surface area contributed by atoms with Gasteiger partial charge in [0.25, 0.3) is 0 Å². The fraction of sp³-hybridized carbons (Fsp3) is 0.238. The molecule has 2 aromatic carbocycles. The average molecular weight is 382 g/mol. The Bertz CT molecular complexity index is 892. The molecule has 3 aromatic rings. The third-order valence-corrected chi connectivity index (χ3v) is 5.16. The highest BCUT2D eigenvalue weighted by molar-refractivity contribution is 7.99. The highest BCUT2D eigenvalue weighted by Crippen LogP contribution is 2.20. The second kappa shape index (κ2) is 8.77. The first kappa shape index (κ1) is 19.0. The van der Waals surface area contributed by atoms with E-state index in [-0.39, 0.29) is 17.7 Å². The Morgan fingerprint density at radius 2 is 1.89 bits per heavy atom. The molecular formula is C21H23N3O2S. The fourth-order valence-corrected chi connectivity index (χ4v) is 3.51. The lowest BCUT2D eigenvalue weighted by atomic mass is 10.1. The third-order valence-electron chi connectivity index (χ3n) is 4.29. The number of aromatic amines is 1. The lowest BCUT2D eigenvalue weighted by molar-refractivity contribution is -0.119. The molecule has 0 radical (unpaired) electrons. The molecule has 0 aliphatic heterocycles. The number of carbonyl (C=O) groups excluding carboxylic acids is 1. The van der Waals surface area contributed by atoms with Gasteiger partial charge in [-0.1, -0.05) is 54.2 Å². The summed E-state index contributed by atoms with van der Waals surface area (Å²) in [5, 5.41) is 13.1. The number of aryl methyl sites for hydroxylation is 1. The summed E-state index contributed by atoms with van der Waals surface area (Å²) in [4.78, 5) is 20.1. The molecule has 0 spiro atoms. The molecule has 0 saturated carbocycles. The van der Waals surface area contributed by atoms with Crippen molar-refractivity contribution in [3.8, 4) is 5.75 Å². The van der Waals surface area contributed by atoms with Gasteiger partial charge in [-0.15, -0.1) is 0 Å². The smallest absolute Gasteiger partial charge is 0.230 e. The standard InChI is InChI=1S/C21H23N3O2S/c1-14(17-6-4-3-5-7-17)22-20(26)13-27-21-23-15(2)19(24-21)12-16-8-10-18(25)11-9-16/h3-11,14,25H,12-13H2,1-2H3,(H,22,26)(H,23,24). The number of aromatic hydroxyl groups is 1. The van der Waals surface area contributed by atoms with Crippen molar-refractivity contribution in [1.82, 2.24) is 15.3 Å². The fourth-order valence-electron chi connectivity index (χ4n) is 2.76. The molecular weight excluding hydrogens is 358 g/mol. The molecule has 0 fully saturated rings. The van der Waals surface area contributed by atoms with Crippen molar-refractivity contribution in [3.63, 3.8) is 0 Å². The Morgan fingerprint density at radius 1 is 1.19 bits per heavy atom. The summed E-state index contributed by atoms with van der Waals surface area (Å²) >= 11 is 1.40. The molecule has 3 N–H and O–H groups in total. The van der Waals surface area contributed by atoms with E-state index in [1.165, 1.54) is 11.8 Å². The van der Waals surface area contributed by atoms with Crippen molar-refractivity contribution in [3.05, 3.63) is 77.1 Å². The SMILES string of the molecule is Cc1[nH]c(SCC(=O)NC(C)c2ccccc2)nc1Cc1ccc(O)cc1. The van der Waals surface area contributed by atoms with Gasteiger partial charge in [-0.25, -0.2) is 4.98 Å². The number of hydrogen-bond acceptors (Lipinski definition) is 4. The first-order chi connectivity index (χ1) is 13.0. The number of thioether (sulfide) groups is 1. The molecule has 1 unspecified atom stereocenters. The monoisotopic (exact) mass is 381 g/mol. The van der Waals surface area contributed by atoms with Crippen molar-refractivity contribution in [1.29, 1.82) is 0 Å². The molecule has 1 aromatic heterocycles. The maximum atomic E-state index is 12.2. The van der Waals surface area contributed by atoms with Crippen molar-refractivity contribution < 1.29 is 9.90 Å². The Kier molecular flexibility index (Phi) is 6.19. The van der Waals surface area contributed by atoms with Crippen molar-refractivity contribution in [2.24, 2.45) is 0 Å². The maximum Gasteiger partial charge on any atom is 0.230 e. The van der Waals surface area contributed by atoms with Gasteiger partial charge in [-0.05, 0) is 37.1 Å². The summed E-state index contributed by atoms with van der Waals surface area (Å²) < 4.78 is 0. The summed E-state index contributed by atoms with van der Waals surface area (Å²) in [6, 6.07) is 17.0. The van der Waals surface area contributed by atoms with Gasteiger partial charge in [-0.3, -0.25) is 4.79 Å². The van der Waals surface area contributed by atoms with Crippen LogP contribution in [0.1, 0.15) is 35.5 Å². The molecule has 0 aliphatic carbocycles. The van der Waals surface area contributed by atoms with Crippen LogP contribution in [0.5, 0.6) is 5.75 Å². The minimum atomic E-state index is -0.0253. The van der Waals surface area contributed by atoms with E-state index in [2.05, 4.69) is 15.3 Å². The Labute approximate surface area is 163 Å². The maximum absolute atomic E-state index is 12.2. The van der Waals surface area contributed by atoms with Crippen molar-refractivity contribution in [2.45, 2.75) is 31.5 Å². The second-order valence-corrected chi connectivity index (χ2v) is 7.41. The van der Waals surface area contributed by atoms with E-state index in [0.29, 0.717) is 12.2 Å². The summed E-state index contributed by atoms with van der Waals surface area (Å²) in [5.41, 5.74) is 4.10. The number of rotatable bonds is 7. The van der Waals surface area contributed by atoms with Gasteiger partial charge in [0.2, 0.25) is 5.91 Å². The molecule has 0 aliphatic rings. The van der Waals surface area contributed by atoms with E-state index in [9.17, 15) is 9.90 Å². The first-order valence-corrected chi connectivity index (χ1v) is 9.80. The number of phenolic OH excluding ortho intramolecular Hbond substituents is 1. The number of aromatic nitrogens is 2. The third kappa shape index (κ3) is 5.37. The van der Waals surface area contributed by atoms with Crippen LogP contribution in [0.25, 0.3) is 0 Å². The topological polar surface area (TPSA) is 78.0 Å². The zero-order valence-corrected chi connectivity index (χ0v) is 16.2. The Morgan fingerprint density at radius 3 is 2.59 bits per heavy atom. The zero-order chi connectivity index (χ0) is 19.2. The van der Waals surface area contributed by atoms with Crippen LogP contribution in [-0.2, 0) is 11.2 Å². The Hall–Kier alpha value is -2.73. The van der Waals surface area contributed by atoms with Gasteiger partial charge in [-0.2, -0.15) is 0 Å². The van der Waals surface area contributed by atoms with E-state index >= 15 is 0 Å². The molecule has 0 saturated heterocycles. The molecule has 27 heavy (non-hydrogen) atoms. The molecule has 0 bridgehead atoms. The van der Waals surface area contributed by atoms with Gasteiger partial charge in [0.1, 0.15) is 5.75 Å². The molecule has 5 nitrogen and oxygen atoms in total. The predicted octanol–water partition coefficient (Wildman–Crippen LogP) is 3.98. The number of hydrogen-bond donors (Lipinski definition) is 3. The highest BCUT2D eigenvalue weighted by atomic mass is 32.2. The van der Waals surface area contributed by atoms with E-state index in [4.69, 9.17) is 0 Å². The van der Waals surface area contributed by atoms with Gasteiger partial charge in [0, 0.05) is 12.1 Å². The van der Waals surface area contributed by atoms with Gasteiger partial charge in [0.15, 0.2) is 5.16 Å². The van der Waals surface area contributed by atoms with Crippen LogP contribution in [0, 0.1) is 6.92 Å². The lowest BCUT2D eigenvalue weighted by Crippen LogP contribution is -2.28. The van der Waals surface area contributed by atoms with E-state index in [1.807, 2.05) is 56.3 Å². The second-order valence-electron chi connectivity index (χ2n) is 6.45. The number of nitrogens with zero attached hydrogens (tertiary/aromatic N) is 1. The predicted molar refractivity (Wildman–Crippen MR) is 108 cm³/mol. The van der Waals surface area contributed by atoms with Gasteiger partial charge in [0.05, 0.1) is 17.5 Å². The summed E-state index contributed by atoms with van der Waals surface area (Å²) in [6.45, 7) is 3.95. The van der Waals surface area contributed by atoms with Crippen LogP contribution in [0.15, 0.2) is 59.8 Å². The van der Waals surface area contributed by atoms with Crippen LogP contribution in [0.4, 0.5) is 0 Å². The number of H-pyrrole nitrogens is 1. The van der Waals surface area contributed by atoms with Crippen LogP contribution in [0.3, 0.4) is 0 Å². The van der Waals surface area contributed by atoms with Crippen LogP contribution in [-0.4, -0.2) is 26.7 Å². The number of carbonyl (C=O) groups is 1. The minimum absolute atomic E-state index is 0.0227. The molecule has 6 heteroatoms. The van der Waals surface area contributed by atoms with Crippen molar-refractivity contribution >= 4 is 17.7 Å². The normalized spacial score (nSPS) is 11.9. The zero-order valence-electron chi connectivity index (χ0n) is 15.4. The van der Waals surface area contributed by atoms with Gasteiger partial charge < -0.3 is 15.4 Å². The molecule has 1 atom stereocenters. The number of imidazole rings is 1. The quantitative estimate of drug-likeness (QED) is 0.541. The summed E-state index contributed by atoms with van der Waals surface area (Å²) in [6.07, 6.45) is 0.681. The molecule has 1 heterocycles. The first-order valence-electron chi connectivity index (χ1n) is 8.82. The molecule has 3 rings (SSSR count). The summed E-state index contributed by atoms with van der Waals surface area (Å²) in [5.74, 6) is 0.540. The molecule has 1 amide bonds. The number of benzene rings is 2. The average Bonchev–Trinajstić information content (AvgIpc) is 3.02. The Balaban J connectivity index is 1.53. The van der Waals surface area contributed by atoms with Crippen LogP contribution >= 0.6 is 11.8 Å². The molecule has 140 valence electrons. The highest BCUT2D eigenvalue weighted by Gasteiger charge is 2.12. The largest absolute Gasteiger partial charge is 0.508 e. The van der Waals surface area contributed by atoms with E-state index in [1.54, 1.807) is 12.1 Å². The van der Waals surface area contributed by atoms with Crippen molar-refractivity contribution in [2.75, 3.05) is 5.75 Å². The van der Waals surface area contributed by atoms with E-state index < -0.39 is 0 Å². The lowest BCUT2D eigenvalue weighted by Gasteiger charge is -2.13. The number of amides is 1. The minimum Gasteiger partial charge on any atom is -0.508 e.